The second-order valence-electron chi connectivity index (χ2n) is 4.93. The lowest BCUT2D eigenvalue weighted by Crippen LogP contribution is -2.25. The summed E-state index contributed by atoms with van der Waals surface area (Å²) in [6, 6.07) is 9.17. The van der Waals surface area contributed by atoms with Gasteiger partial charge in [-0.05, 0) is 42.3 Å². The molecule has 0 aliphatic carbocycles. The molecule has 1 amide bonds. The predicted octanol–water partition coefficient (Wildman–Crippen LogP) is 2.86. The van der Waals surface area contributed by atoms with Crippen molar-refractivity contribution in [1.29, 1.82) is 0 Å². The third-order valence-corrected chi connectivity index (χ3v) is 3.58. The van der Waals surface area contributed by atoms with Crippen LogP contribution in [0.5, 0.6) is 0 Å². The van der Waals surface area contributed by atoms with Crippen molar-refractivity contribution in [3.63, 3.8) is 0 Å². The van der Waals surface area contributed by atoms with Gasteiger partial charge in [-0.25, -0.2) is 8.78 Å². The van der Waals surface area contributed by atoms with E-state index in [1.807, 2.05) is 12.1 Å². The smallest absolute Gasteiger partial charge is 0.258 e. The van der Waals surface area contributed by atoms with E-state index in [-0.39, 0.29) is 5.56 Å². The third kappa shape index (κ3) is 2.64. The van der Waals surface area contributed by atoms with E-state index in [1.54, 1.807) is 6.07 Å². The fourth-order valence-corrected chi connectivity index (χ4v) is 2.52. The zero-order chi connectivity index (χ0) is 14.8. The number of halogens is 2. The highest BCUT2D eigenvalue weighted by Crippen LogP contribution is 2.24. The molecule has 0 bridgehead atoms. The molecule has 0 saturated heterocycles. The van der Waals surface area contributed by atoms with Gasteiger partial charge in [-0.1, -0.05) is 18.2 Å². The van der Waals surface area contributed by atoms with Crippen LogP contribution in [-0.4, -0.2) is 12.5 Å². The third-order valence-electron chi connectivity index (χ3n) is 3.58. The Morgan fingerprint density at radius 3 is 2.81 bits per heavy atom. The Balaban J connectivity index is 1.90. The van der Waals surface area contributed by atoms with E-state index in [9.17, 15) is 13.6 Å². The first-order chi connectivity index (χ1) is 10.2. The second kappa shape index (κ2) is 5.61. The minimum Gasteiger partial charge on any atom is -0.322 e. The molecule has 1 aliphatic heterocycles. The monoisotopic (exact) mass is 288 g/mol. The topological polar surface area (TPSA) is 41.1 Å². The maximum absolute atomic E-state index is 13.6. The molecule has 3 nitrogen and oxygen atoms in total. The molecule has 2 aromatic rings. The summed E-state index contributed by atoms with van der Waals surface area (Å²) in [6.45, 7) is 1.57. The Kier molecular flexibility index (Phi) is 3.66. The van der Waals surface area contributed by atoms with Gasteiger partial charge in [-0.15, -0.1) is 0 Å². The van der Waals surface area contributed by atoms with Gasteiger partial charge in [0.25, 0.3) is 5.91 Å². The summed E-state index contributed by atoms with van der Waals surface area (Å²) in [5.74, 6) is -2.79. The number of rotatable bonds is 2. The van der Waals surface area contributed by atoms with E-state index < -0.39 is 17.5 Å². The predicted molar refractivity (Wildman–Crippen MR) is 76.2 cm³/mol. The molecule has 0 radical (unpaired) electrons. The van der Waals surface area contributed by atoms with Gasteiger partial charge < -0.3 is 10.6 Å². The van der Waals surface area contributed by atoms with Crippen LogP contribution in [0.3, 0.4) is 0 Å². The molecule has 0 atom stereocenters. The van der Waals surface area contributed by atoms with Gasteiger partial charge in [-0.2, -0.15) is 0 Å². The average Bonchev–Trinajstić information content (AvgIpc) is 2.50. The van der Waals surface area contributed by atoms with Crippen LogP contribution in [0.2, 0.25) is 0 Å². The van der Waals surface area contributed by atoms with Gasteiger partial charge in [0.2, 0.25) is 0 Å². The maximum Gasteiger partial charge on any atom is 0.258 e. The maximum atomic E-state index is 13.6. The summed E-state index contributed by atoms with van der Waals surface area (Å²) in [5.41, 5.74) is 2.52. The summed E-state index contributed by atoms with van der Waals surface area (Å²) in [7, 11) is 0. The number of nitrogens with one attached hydrogen (secondary N) is 2. The molecule has 108 valence electrons. The first-order valence-corrected chi connectivity index (χ1v) is 6.73. The van der Waals surface area contributed by atoms with Crippen LogP contribution >= 0.6 is 0 Å². The van der Waals surface area contributed by atoms with E-state index in [0.717, 1.165) is 36.7 Å². The Morgan fingerprint density at radius 2 is 1.95 bits per heavy atom. The molecule has 3 rings (SSSR count). The molecule has 0 saturated carbocycles. The molecule has 21 heavy (non-hydrogen) atoms. The zero-order valence-electron chi connectivity index (χ0n) is 11.2. The van der Waals surface area contributed by atoms with Gasteiger partial charge in [0.05, 0.1) is 5.56 Å². The van der Waals surface area contributed by atoms with Crippen LogP contribution in [0.25, 0.3) is 0 Å². The zero-order valence-corrected chi connectivity index (χ0v) is 11.2. The van der Waals surface area contributed by atoms with Crippen molar-refractivity contribution < 1.29 is 13.6 Å². The summed E-state index contributed by atoms with van der Waals surface area (Å²) in [4.78, 5) is 12.1. The molecule has 1 heterocycles. The molecule has 2 N–H and O–H groups in total. The molecular weight excluding hydrogens is 274 g/mol. The van der Waals surface area contributed by atoms with Crippen LogP contribution in [0.15, 0.2) is 36.4 Å². The summed E-state index contributed by atoms with van der Waals surface area (Å²) in [5, 5.41) is 5.93. The Hall–Kier alpha value is -2.27. The fourth-order valence-electron chi connectivity index (χ4n) is 2.52. The highest BCUT2D eigenvalue weighted by atomic mass is 19.2. The number of fused-ring (bicyclic) bond motifs is 1. The lowest BCUT2D eigenvalue weighted by Gasteiger charge is -2.20. The molecule has 0 fully saturated rings. The van der Waals surface area contributed by atoms with Crippen LogP contribution in [0.4, 0.5) is 14.5 Å². The van der Waals surface area contributed by atoms with Gasteiger partial charge >= 0.3 is 0 Å². The number of carbonyl (C=O) groups excluding carboxylic acids is 1. The molecule has 0 aromatic heterocycles. The van der Waals surface area contributed by atoms with Crippen LogP contribution < -0.4 is 10.6 Å². The van der Waals surface area contributed by atoms with E-state index in [0.29, 0.717) is 5.69 Å². The van der Waals surface area contributed by atoms with Crippen molar-refractivity contribution in [2.24, 2.45) is 0 Å². The van der Waals surface area contributed by atoms with Crippen molar-refractivity contribution in [2.75, 3.05) is 11.9 Å². The van der Waals surface area contributed by atoms with Crippen molar-refractivity contribution in [1.82, 2.24) is 5.32 Å². The summed E-state index contributed by atoms with van der Waals surface area (Å²) >= 11 is 0. The molecule has 0 spiro atoms. The van der Waals surface area contributed by atoms with Crippen molar-refractivity contribution in [3.8, 4) is 0 Å². The number of carbonyl (C=O) groups is 1. The van der Waals surface area contributed by atoms with Crippen molar-refractivity contribution in [3.05, 3.63) is 64.7 Å². The van der Waals surface area contributed by atoms with Gasteiger partial charge in [0, 0.05) is 12.2 Å². The largest absolute Gasteiger partial charge is 0.322 e. The molecule has 2 aromatic carbocycles. The SMILES string of the molecule is O=C(Nc1cccc2c1CCNC2)c1cccc(F)c1F. The first kappa shape index (κ1) is 13.7. The average molecular weight is 288 g/mol. The lowest BCUT2D eigenvalue weighted by molar-refractivity contribution is 0.102. The van der Waals surface area contributed by atoms with Crippen LogP contribution in [-0.2, 0) is 13.0 Å². The van der Waals surface area contributed by atoms with E-state index in [4.69, 9.17) is 0 Å². The van der Waals surface area contributed by atoms with E-state index >= 15 is 0 Å². The number of hydrogen-bond donors (Lipinski definition) is 2. The second-order valence-corrected chi connectivity index (χ2v) is 4.93. The van der Waals surface area contributed by atoms with Crippen molar-refractivity contribution in [2.45, 2.75) is 13.0 Å². The van der Waals surface area contributed by atoms with Crippen molar-refractivity contribution >= 4 is 11.6 Å². The Morgan fingerprint density at radius 1 is 1.14 bits per heavy atom. The number of amides is 1. The fraction of sp³-hybridized carbons (Fsp3) is 0.188. The van der Waals surface area contributed by atoms with Gasteiger partial charge in [0.1, 0.15) is 0 Å². The lowest BCUT2D eigenvalue weighted by atomic mass is 9.99. The summed E-state index contributed by atoms with van der Waals surface area (Å²) in [6.07, 6.45) is 0.789. The highest BCUT2D eigenvalue weighted by Gasteiger charge is 2.18. The number of hydrogen-bond acceptors (Lipinski definition) is 2. The number of anilines is 1. The number of benzene rings is 2. The first-order valence-electron chi connectivity index (χ1n) is 6.73. The Bertz CT molecular complexity index is 701. The van der Waals surface area contributed by atoms with Gasteiger partial charge in [0.15, 0.2) is 11.6 Å². The molecule has 5 heteroatoms. The van der Waals surface area contributed by atoms with Gasteiger partial charge in [-0.3, -0.25) is 4.79 Å². The molecule has 0 unspecified atom stereocenters. The summed E-state index contributed by atoms with van der Waals surface area (Å²) < 4.78 is 26.8. The minimum absolute atomic E-state index is 0.290. The standard InChI is InChI=1S/C16H14F2N2O/c17-13-5-2-4-12(15(13)18)16(21)20-14-6-1-3-10-9-19-8-7-11(10)14/h1-6,19H,7-9H2,(H,20,21). The van der Waals surface area contributed by atoms with E-state index in [1.165, 1.54) is 12.1 Å². The van der Waals surface area contributed by atoms with Crippen LogP contribution in [0.1, 0.15) is 21.5 Å². The molecular formula is C16H14F2N2O. The minimum atomic E-state index is -1.12. The quantitative estimate of drug-likeness (QED) is 0.892. The molecule has 1 aliphatic rings. The van der Waals surface area contributed by atoms with E-state index in [2.05, 4.69) is 10.6 Å². The normalized spacial score (nSPS) is 13.6. The van der Waals surface area contributed by atoms with Crippen LogP contribution in [0, 0.1) is 11.6 Å². The Labute approximate surface area is 121 Å². The highest BCUT2D eigenvalue weighted by molar-refractivity contribution is 6.05.